The summed E-state index contributed by atoms with van der Waals surface area (Å²) < 4.78 is 0. The van der Waals surface area contributed by atoms with Crippen LogP contribution in [0.3, 0.4) is 0 Å². The third-order valence-corrected chi connectivity index (χ3v) is 3.83. The van der Waals surface area contributed by atoms with Gasteiger partial charge in [-0.1, -0.05) is 60.7 Å². The second-order valence-corrected chi connectivity index (χ2v) is 5.63. The highest BCUT2D eigenvalue weighted by Crippen LogP contribution is 2.21. The molecule has 114 valence electrons. The summed E-state index contributed by atoms with van der Waals surface area (Å²) >= 11 is 0. The van der Waals surface area contributed by atoms with Crippen LogP contribution in [0.1, 0.15) is 16.8 Å². The number of ketones is 1. The van der Waals surface area contributed by atoms with E-state index in [0.717, 1.165) is 11.1 Å². The molecule has 1 heterocycles. The van der Waals surface area contributed by atoms with Gasteiger partial charge in [-0.25, -0.2) is 0 Å². The second kappa shape index (κ2) is 6.55. The van der Waals surface area contributed by atoms with Crippen LogP contribution in [0.15, 0.2) is 84.0 Å². The Bertz CT molecular complexity index is 755. The minimum atomic E-state index is -0.786. The first-order valence-electron chi connectivity index (χ1n) is 7.53. The average Bonchev–Trinajstić information content (AvgIpc) is 2.80. The van der Waals surface area contributed by atoms with Crippen molar-refractivity contribution >= 4 is 12.0 Å². The fraction of sp³-hybridized carbons (Fsp3) is 0.100. The zero-order chi connectivity index (χ0) is 16.1. The van der Waals surface area contributed by atoms with E-state index in [4.69, 9.17) is 5.73 Å². The van der Waals surface area contributed by atoms with Crippen LogP contribution in [0, 0.1) is 0 Å². The van der Waals surface area contributed by atoms with E-state index in [1.54, 1.807) is 30.6 Å². The molecular weight excluding hydrogens is 284 g/mol. The van der Waals surface area contributed by atoms with Crippen molar-refractivity contribution in [3.05, 3.63) is 84.6 Å². The van der Waals surface area contributed by atoms with Gasteiger partial charge in [0.15, 0.2) is 5.78 Å². The van der Waals surface area contributed by atoms with E-state index < -0.39 is 5.54 Å². The topological polar surface area (TPSA) is 55.5 Å². The number of Topliss-reactive ketones (excluding diaryl/α,β-unsaturated/α-hetero) is 1. The van der Waals surface area contributed by atoms with Gasteiger partial charge in [-0.15, -0.1) is 0 Å². The van der Waals surface area contributed by atoms with Crippen LogP contribution in [0.5, 0.6) is 0 Å². The fourth-order valence-electron chi connectivity index (χ4n) is 2.54. The lowest BCUT2D eigenvalue weighted by atomic mass is 9.90. The van der Waals surface area contributed by atoms with Crippen molar-refractivity contribution in [3.63, 3.8) is 0 Å². The summed E-state index contributed by atoms with van der Waals surface area (Å²) in [5.41, 5.74) is 8.35. The molecule has 2 N–H and O–H groups in total. The largest absolute Gasteiger partial charge is 0.318 e. The number of aliphatic imine (C=N–C) groups is 1. The maximum atomic E-state index is 12.5. The van der Waals surface area contributed by atoms with Crippen molar-refractivity contribution in [2.75, 3.05) is 0 Å². The van der Waals surface area contributed by atoms with Crippen LogP contribution in [-0.2, 0) is 0 Å². The number of hydrogen-bond acceptors (Lipinski definition) is 3. The van der Waals surface area contributed by atoms with Gasteiger partial charge in [-0.3, -0.25) is 9.79 Å². The Hall–Kier alpha value is -2.78. The van der Waals surface area contributed by atoms with E-state index in [9.17, 15) is 4.79 Å². The molecule has 0 fully saturated rings. The van der Waals surface area contributed by atoms with Gasteiger partial charge >= 0.3 is 0 Å². The van der Waals surface area contributed by atoms with Crippen molar-refractivity contribution in [3.8, 4) is 11.1 Å². The Morgan fingerprint density at radius 1 is 0.957 bits per heavy atom. The first kappa shape index (κ1) is 15.1. The van der Waals surface area contributed by atoms with E-state index in [-0.39, 0.29) is 12.2 Å². The van der Waals surface area contributed by atoms with Crippen molar-refractivity contribution in [2.24, 2.45) is 10.7 Å². The zero-order valence-electron chi connectivity index (χ0n) is 12.7. The van der Waals surface area contributed by atoms with E-state index in [2.05, 4.69) is 4.99 Å². The Kier molecular flexibility index (Phi) is 4.31. The van der Waals surface area contributed by atoms with Crippen LogP contribution in [-0.4, -0.2) is 17.5 Å². The number of allylic oxidation sites excluding steroid dienone is 1. The van der Waals surface area contributed by atoms with Gasteiger partial charge in [0.2, 0.25) is 0 Å². The Balaban J connectivity index is 1.76. The molecule has 23 heavy (non-hydrogen) atoms. The van der Waals surface area contributed by atoms with Crippen LogP contribution in [0.2, 0.25) is 0 Å². The number of carbonyl (C=O) groups excluding carboxylic acids is 1. The molecule has 0 aliphatic carbocycles. The van der Waals surface area contributed by atoms with Gasteiger partial charge in [0, 0.05) is 24.4 Å². The molecule has 0 bridgehead atoms. The van der Waals surface area contributed by atoms with Crippen LogP contribution in [0.25, 0.3) is 11.1 Å². The monoisotopic (exact) mass is 302 g/mol. The summed E-state index contributed by atoms with van der Waals surface area (Å²) in [4.78, 5) is 16.5. The second-order valence-electron chi connectivity index (χ2n) is 5.63. The smallest absolute Gasteiger partial charge is 0.165 e. The van der Waals surface area contributed by atoms with Crippen molar-refractivity contribution in [1.82, 2.24) is 0 Å². The summed E-state index contributed by atoms with van der Waals surface area (Å²) in [7, 11) is 0. The standard InChI is InChI=1S/C20H18N2O/c21-20(11-4-13-22-14-12-20)15-19(23)18-9-7-17(8-10-18)16-5-2-1-3-6-16/h1-14H,15,21H2. The minimum Gasteiger partial charge on any atom is -0.318 e. The average molecular weight is 302 g/mol. The quantitative estimate of drug-likeness (QED) is 0.874. The van der Waals surface area contributed by atoms with Crippen molar-refractivity contribution in [2.45, 2.75) is 12.0 Å². The van der Waals surface area contributed by atoms with E-state index in [1.807, 2.05) is 54.6 Å². The Morgan fingerprint density at radius 2 is 1.65 bits per heavy atom. The molecule has 2 aromatic carbocycles. The molecule has 0 spiro atoms. The number of nitrogens with two attached hydrogens (primary N) is 1. The molecule has 0 saturated carbocycles. The summed E-state index contributed by atoms with van der Waals surface area (Å²) in [6.45, 7) is 0. The highest BCUT2D eigenvalue weighted by molar-refractivity contribution is 5.97. The molecule has 1 aliphatic rings. The molecule has 1 aliphatic heterocycles. The summed E-state index contributed by atoms with van der Waals surface area (Å²) in [6, 6.07) is 17.7. The van der Waals surface area contributed by atoms with E-state index >= 15 is 0 Å². The normalized spacial score (nSPS) is 19.5. The van der Waals surface area contributed by atoms with Crippen molar-refractivity contribution < 1.29 is 4.79 Å². The number of benzene rings is 2. The molecule has 1 unspecified atom stereocenters. The van der Waals surface area contributed by atoms with Gasteiger partial charge in [0.05, 0.1) is 5.54 Å². The molecule has 3 heteroatoms. The molecule has 3 rings (SSSR count). The fourth-order valence-corrected chi connectivity index (χ4v) is 2.54. The third kappa shape index (κ3) is 3.71. The van der Waals surface area contributed by atoms with Crippen LogP contribution >= 0.6 is 0 Å². The molecule has 0 amide bonds. The van der Waals surface area contributed by atoms with Crippen molar-refractivity contribution in [1.29, 1.82) is 0 Å². The predicted octanol–water partition coefficient (Wildman–Crippen LogP) is 3.78. The van der Waals surface area contributed by atoms with Gasteiger partial charge < -0.3 is 5.73 Å². The third-order valence-electron chi connectivity index (χ3n) is 3.83. The number of nitrogens with zero attached hydrogens (tertiary/aromatic N) is 1. The highest BCUT2D eigenvalue weighted by atomic mass is 16.1. The molecule has 2 aromatic rings. The number of carbonyl (C=O) groups is 1. The highest BCUT2D eigenvalue weighted by Gasteiger charge is 2.23. The van der Waals surface area contributed by atoms with Gasteiger partial charge in [0.1, 0.15) is 0 Å². The summed E-state index contributed by atoms with van der Waals surface area (Å²) in [5, 5.41) is 0. The minimum absolute atomic E-state index is 0.0170. The maximum Gasteiger partial charge on any atom is 0.165 e. The first-order chi connectivity index (χ1) is 11.2. The zero-order valence-corrected chi connectivity index (χ0v) is 12.7. The predicted molar refractivity (Wildman–Crippen MR) is 94.5 cm³/mol. The molecule has 0 radical (unpaired) electrons. The lowest BCUT2D eigenvalue weighted by Crippen LogP contribution is -2.37. The van der Waals surface area contributed by atoms with Gasteiger partial charge in [-0.2, -0.15) is 0 Å². The Morgan fingerprint density at radius 3 is 2.39 bits per heavy atom. The Labute approximate surface area is 135 Å². The molecule has 3 nitrogen and oxygen atoms in total. The van der Waals surface area contributed by atoms with Crippen LogP contribution in [0.4, 0.5) is 0 Å². The van der Waals surface area contributed by atoms with E-state index in [1.165, 1.54) is 0 Å². The summed E-state index contributed by atoms with van der Waals surface area (Å²) in [5.74, 6) is 0.0170. The SMILES string of the molecule is NC1(CC(=O)c2ccc(-c3ccccc3)cc2)C=CC=NC=C1. The number of hydrogen-bond donors (Lipinski definition) is 1. The lowest BCUT2D eigenvalue weighted by Gasteiger charge is -2.20. The van der Waals surface area contributed by atoms with Gasteiger partial charge in [0.25, 0.3) is 0 Å². The number of rotatable bonds is 4. The van der Waals surface area contributed by atoms with Gasteiger partial charge in [-0.05, 0) is 23.3 Å². The lowest BCUT2D eigenvalue weighted by molar-refractivity contribution is 0.0970. The maximum absolute atomic E-state index is 12.5. The first-order valence-corrected chi connectivity index (χ1v) is 7.53. The van der Waals surface area contributed by atoms with E-state index in [0.29, 0.717) is 5.56 Å². The molecule has 0 aromatic heterocycles. The summed E-state index contributed by atoms with van der Waals surface area (Å²) in [6.07, 6.45) is 8.83. The molecular formula is C20H18N2O. The molecule has 1 atom stereocenters. The molecule has 0 saturated heterocycles. The van der Waals surface area contributed by atoms with Crippen LogP contribution < -0.4 is 5.73 Å².